The zero-order chi connectivity index (χ0) is 21.3. The van der Waals surface area contributed by atoms with E-state index in [1.165, 1.54) is 36.0 Å². The Hall–Kier alpha value is -3.25. The molecule has 4 aromatic rings. The molecule has 0 saturated carbocycles. The summed E-state index contributed by atoms with van der Waals surface area (Å²) in [4.78, 5) is 29.9. The summed E-state index contributed by atoms with van der Waals surface area (Å²) in [5.41, 5.74) is 3.56. The van der Waals surface area contributed by atoms with Gasteiger partial charge >= 0.3 is 0 Å². The summed E-state index contributed by atoms with van der Waals surface area (Å²) in [6, 6.07) is 18.5. The molecule has 1 aromatic heterocycles. The predicted octanol–water partition coefficient (Wildman–Crippen LogP) is 4.90. The van der Waals surface area contributed by atoms with Crippen LogP contribution in [0.5, 0.6) is 0 Å². The first-order valence-electron chi connectivity index (χ1n) is 9.42. The second kappa shape index (κ2) is 8.24. The standard InChI is InChI=1S/C24H19FN2O2S/c1-15-4-3-5-20-21(15)23(29)27(2)24(26-20)30-14-16-6-8-17(9-7-16)22(28)18-10-12-19(25)13-11-18/h3-13H,14H2,1-2H3. The molecule has 6 heteroatoms. The van der Waals surface area contributed by atoms with E-state index in [2.05, 4.69) is 4.98 Å². The summed E-state index contributed by atoms with van der Waals surface area (Å²) in [5, 5.41) is 1.29. The largest absolute Gasteiger partial charge is 0.290 e. The second-order valence-corrected chi connectivity index (χ2v) is 7.99. The fraction of sp³-hybridized carbons (Fsp3) is 0.125. The minimum atomic E-state index is -0.370. The molecule has 0 N–H and O–H groups in total. The first kappa shape index (κ1) is 20.0. The van der Waals surface area contributed by atoms with E-state index in [0.29, 0.717) is 32.9 Å². The van der Waals surface area contributed by atoms with Crippen molar-refractivity contribution in [2.75, 3.05) is 0 Å². The van der Waals surface area contributed by atoms with Gasteiger partial charge in [0, 0.05) is 23.9 Å². The Kier molecular flexibility index (Phi) is 5.50. The van der Waals surface area contributed by atoms with Gasteiger partial charge in [-0.2, -0.15) is 0 Å². The third kappa shape index (κ3) is 3.91. The lowest BCUT2D eigenvalue weighted by Crippen LogP contribution is -2.20. The minimum Gasteiger partial charge on any atom is -0.290 e. The van der Waals surface area contributed by atoms with Crippen molar-refractivity contribution in [3.8, 4) is 0 Å². The Morgan fingerprint density at radius 2 is 1.63 bits per heavy atom. The lowest BCUT2D eigenvalue weighted by molar-refractivity contribution is 0.103. The fourth-order valence-electron chi connectivity index (χ4n) is 3.25. The SMILES string of the molecule is Cc1cccc2nc(SCc3ccc(C(=O)c4ccc(F)cc4)cc3)n(C)c(=O)c12. The number of hydrogen-bond donors (Lipinski definition) is 0. The molecule has 0 saturated heterocycles. The van der Waals surface area contributed by atoms with Gasteiger partial charge in [0.05, 0.1) is 10.9 Å². The van der Waals surface area contributed by atoms with Crippen molar-refractivity contribution in [2.24, 2.45) is 7.05 Å². The van der Waals surface area contributed by atoms with Crippen LogP contribution >= 0.6 is 11.8 Å². The first-order valence-corrected chi connectivity index (χ1v) is 10.4. The molecule has 0 fully saturated rings. The van der Waals surface area contributed by atoms with E-state index in [1.807, 2.05) is 37.3 Å². The van der Waals surface area contributed by atoms with Crippen molar-refractivity contribution in [1.82, 2.24) is 9.55 Å². The van der Waals surface area contributed by atoms with Crippen molar-refractivity contribution in [1.29, 1.82) is 0 Å². The van der Waals surface area contributed by atoms with Gasteiger partial charge in [-0.1, -0.05) is 48.2 Å². The van der Waals surface area contributed by atoms with Crippen LogP contribution in [0.1, 0.15) is 27.0 Å². The number of rotatable bonds is 5. The monoisotopic (exact) mass is 418 g/mol. The molecule has 1 heterocycles. The van der Waals surface area contributed by atoms with Crippen molar-refractivity contribution in [3.05, 3.63) is 105 Å². The number of nitrogens with zero attached hydrogens (tertiary/aromatic N) is 2. The van der Waals surface area contributed by atoms with E-state index >= 15 is 0 Å². The average Bonchev–Trinajstić information content (AvgIpc) is 2.75. The second-order valence-electron chi connectivity index (χ2n) is 7.05. The number of ketones is 1. The summed E-state index contributed by atoms with van der Waals surface area (Å²) < 4.78 is 14.6. The average molecular weight is 418 g/mol. The van der Waals surface area contributed by atoms with Gasteiger partial charge in [-0.15, -0.1) is 0 Å². The number of thioether (sulfide) groups is 1. The molecule has 0 unspecified atom stereocenters. The Bertz CT molecular complexity index is 1300. The van der Waals surface area contributed by atoms with Gasteiger partial charge in [-0.05, 0) is 48.4 Å². The molecule has 3 aromatic carbocycles. The molecular formula is C24H19FN2O2S. The van der Waals surface area contributed by atoms with Crippen LogP contribution in [0.4, 0.5) is 4.39 Å². The smallest absolute Gasteiger partial charge is 0.262 e. The predicted molar refractivity (Wildman–Crippen MR) is 118 cm³/mol. The van der Waals surface area contributed by atoms with Crippen LogP contribution in [-0.4, -0.2) is 15.3 Å². The van der Waals surface area contributed by atoms with Crippen LogP contribution in [0.25, 0.3) is 10.9 Å². The van der Waals surface area contributed by atoms with Crippen molar-refractivity contribution in [3.63, 3.8) is 0 Å². The molecule has 0 aliphatic rings. The van der Waals surface area contributed by atoms with Crippen LogP contribution in [0, 0.1) is 12.7 Å². The third-order valence-corrected chi connectivity index (χ3v) is 6.06. The van der Waals surface area contributed by atoms with Gasteiger partial charge in [0.2, 0.25) is 0 Å². The summed E-state index contributed by atoms with van der Waals surface area (Å²) in [6.07, 6.45) is 0. The number of fused-ring (bicyclic) bond motifs is 1. The van der Waals surface area contributed by atoms with Crippen molar-refractivity contribution >= 4 is 28.4 Å². The Morgan fingerprint density at radius 1 is 1.00 bits per heavy atom. The number of hydrogen-bond acceptors (Lipinski definition) is 4. The highest BCUT2D eigenvalue weighted by molar-refractivity contribution is 7.98. The number of carbonyl (C=O) groups excluding carboxylic acids is 1. The molecule has 30 heavy (non-hydrogen) atoms. The Labute approximate surface area is 177 Å². The van der Waals surface area contributed by atoms with E-state index < -0.39 is 0 Å². The molecule has 0 aliphatic carbocycles. The highest BCUT2D eigenvalue weighted by Crippen LogP contribution is 2.23. The number of halogens is 1. The summed E-state index contributed by atoms with van der Waals surface area (Å²) in [7, 11) is 1.73. The van der Waals surface area contributed by atoms with Gasteiger partial charge in [-0.3, -0.25) is 14.2 Å². The molecule has 4 nitrogen and oxygen atoms in total. The maximum Gasteiger partial charge on any atom is 0.262 e. The van der Waals surface area contributed by atoms with Gasteiger partial charge in [0.25, 0.3) is 5.56 Å². The maximum absolute atomic E-state index is 13.0. The van der Waals surface area contributed by atoms with E-state index in [4.69, 9.17) is 0 Å². The van der Waals surface area contributed by atoms with Crippen molar-refractivity contribution in [2.45, 2.75) is 17.8 Å². The maximum atomic E-state index is 13.0. The number of benzene rings is 3. The quantitative estimate of drug-likeness (QED) is 0.263. The lowest BCUT2D eigenvalue weighted by atomic mass is 10.0. The van der Waals surface area contributed by atoms with Crippen LogP contribution in [-0.2, 0) is 12.8 Å². The van der Waals surface area contributed by atoms with Gasteiger partial charge < -0.3 is 0 Å². The molecule has 0 bridgehead atoms. The van der Waals surface area contributed by atoms with Crippen LogP contribution in [0.3, 0.4) is 0 Å². The summed E-state index contributed by atoms with van der Waals surface area (Å²) in [5.74, 6) is 0.0942. The Balaban J connectivity index is 1.52. The molecule has 0 spiro atoms. The highest BCUT2D eigenvalue weighted by Gasteiger charge is 2.12. The number of aryl methyl sites for hydroxylation is 1. The zero-order valence-electron chi connectivity index (χ0n) is 16.6. The van der Waals surface area contributed by atoms with Gasteiger partial charge in [0.15, 0.2) is 10.9 Å². The van der Waals surface area contributed by atoms with E-state index in [0.717, 1.165) is 11.1 Å². The first-order chi connectivity index (χ1) is 14.4. The van der Waals surface area contributed by atoms with Crippen LogP contribution < -0.4 is 5.56 Å². The van der Waals surface area contributed by atoms with Crippen molar-refractivity contribution < 1.29 is 9.18 Å². The van der Waals surface area contributed by atoms with Crippen LogP contribution in [0.2, 0.25) is 0 Å². The molecule has 0 atom stereocenters. The highest BCUT2D eigenvalue weighted by atomic mass is 32.2. The third-order valence-electron chi connectivity index (χ3n) is 4.96. The minimum absolute atomic E-state index is 0.0548. The molecule has 0 amide bonds. The lowest BCUT2D eigenvalue weighted by Gasteiger charge is -2.10. The van der Waals surface area contributed by atoms with E-state index in [-0.39, 0.29) is 17.2 Å². The van der Waals surface area contributed by atoms with E-state index in [9.17, 15) is 14.0 Å². The number of carbonyl (C=O) groups is 1. The molecule has 0 radical (unpaired) electrons. The molecule has 4 rings (SSSR count). The molecular weight excluding hydrogens is 399 g/mol. The van der Waals surface area contributed by atoms with Gasteiger partial charge in [-0.25, -0.2) is 9.37 Å². The number of aromatic nitrogens is 2. The Morgan fingerprint density at radius 3 is 2.30 bits per heavy atom. The normalized spacial score (nSPS) is 11.0. The van der Waals surface area contributed by atoms with Gasteiger partial charge in [0.1, 0.15) is 5.82 Å². The zero-order valence-corrected chi connectivity index (χ0v) is 17.4. The molecule has 0 aliphatic heterocycles. The fourth-order valence-corrected chi connectivity index (χ4v) is 4.18. The van der Waals surface area contributed by atoms with Crippen LogP contribution in [0.15, 0.2) is 76.7 Å². The molecule has 150 valence electrons. The van der Waals surface area contributed by atoms with E-state index in [1.54, 1.807) is 23.7 Å². The topological polar surface area (TPSA) is 52.0 Å². The summed E-state index contributed by atoms with van der Waals surface area (Å²) in [6.45, 7) is 1.91. The summed E-state index contributed by atoms with van der Waals surface area (Å²) >= 11 is 1.47.